The van der Waals surface area contributed by atoms with Crippen molar-refractivity contribution >= 4 is 55.0 Å². The van der Waals surface area contributed by atoms with Gasteiger partial charge in [0.2, 0.25) is 5.91 Å². The maximum absolute atomic E-state index is 10.8. The second kappa shape index (κ2) is 6.53. The summed E-state index contributed by atoms with van der Waals surface area (Å²) >= 11 is 5.58. The standard InChI is InChI=1S/C6H8BIN2OS/c1-4(2-6(11)10-8)9-5(7)3-12/h3,12H,2H2,1H3,(H,10,11)/b5-3-,9-4?. The molecule has 1 N–H and O–H groups in total. The summed E-state index contributed by atoms with van der Waals surface area (Å²) in [5.41, 5.74) is 0.962. The Morgan fingerprint density at radius 1 is 1.83 bits per heavy atom. The lowest BCUT2D eigenvalue weighted by Gasteiger charge is -1.98. The molecule has 0 aliphatic rings. The number of rotatable bonds is 3. The zero-order chi connectivity index (χ0) is 9.56. The average molecular weight is 294 g/mol. The van der Waals surface area contributed by atoms with Crippen LogP contribution in [0, 0.1) is 0 Å². The number of thiol groups is 1. The van der Waals surface area contributed by atoms with Crippen molar-refractivity contribution in [1.29, 1.82) is 0 Å². The second-order valence-electron chi connectivity index (χ2n) is 2.10. The lowest BCUT2D eigenvalue weighted by atomic mass is 10.1. The van der Waals surface area contributed by atoms with E-state index in [9.17, 15) is 4.79 Å². The van der Waals surface area contributed by atoms with Gasteiger partial charge in [-0.15, -0.1) is 0 Å². The van der Waals surface area contributed by atoms with Crippen molar-refractivity contribution in [3.05, 3.63) is 11.0 Å². The van der Waals surface area contributed by atoms with Crippen LogP contribution < -0.4 is 3.53 Å². The van der Waals surface area contributed by atoms with Gasteiger partial charge in [0.05, 0.1) is 29.3 Å². The van der Waals surface area contributed by atoms with Gasteiger partial charge in [0.25, 0.3) is 0 Å². The van der Waals surface area contributed by atoms with E-state index in [-0.39, 0.29) is 12.3 Å². The fourth-order valence-electron chi connectivity index (χ4n) is 0.555. The number of nitrogens with one attached hydrogen (secondary N) is 1. The van der Waals surface area contributed by atoms with Gasteiger partial charge in [0.1, 0.15) is 7.85 Å². The fourth-order valence-corrected chi connectivity index (χ4v) is 0.803. The highest BCUT2D eigenvalue weighted by molar-refractivity contribution is 14.1. The normalized spacial score (nSPS) is 12.9. The molecule has 0 saturated carbocycles. The quantitative estimate of drug-likeness (QED) is 0.265. The van der Waals surface area contributed by atoms with E-state index in [2.05, 4.69) is 21.2 Å². The largest absolute Gasteiger partial charge is 0.298 e. The predicted molar refractivity (Wildman–Crippen MR) is 62.7 cm³/mol. The van der Waals surface area contributed by atoms with Gasteiger partial charge in [0.15, 0.2) is 0 Å². The zero-order valence-corrected chi connectivity index (χ0v) is 9.59. The summed E-state index contributed by atoms with van der Waals surface area (Å²) in [6.45, 7) is 1.73. The Morgan fingerprint density at radius 2 is 2.42 bits per heavy atom. The Kier molecular flexibility index (Phi) is 6.54. The Hall–Kier alpha value is 0.0249. The van der Waals surface area contributed by atoms with Crippen LogP contribution in [0.5, 0.6) is 0 Å². The molecule has 3 nitrogen and oxygen atoms in total. The number of carbonyl (C=O) groups excluding carboxylic acids is 1. The fraction of sp³-hybridized carbons (Fsp3) is 0.333. The van der Waals surface area contributed by atoms with Crippen molar-refractivity contribution in [1.82, 2.24) is 3.53 Å². The molecular weight excluding hydrogens is 286 g/mol. The van der Waals surface area contributed by atoms with Crippen LogP contribution in [0.1, 0.15) is 13.3 Å². The van der Waals surface area contributed by atoms with Gasteiger partial charge in [-0.1, -0.05) is 0 Å². The first-order valence-electron chi connectivity index (χ1n) is 3.13. The molecule has 0 aliphatic heterocycles. The number of halogens is 1. The number of amides is 1. The van der Waals surface area contributed by atoms with E-state index in [1.807, 2.05) is 0 Å². The molecule has 0 atom stereocenters. The summed E-state index contributed by atoms with van der Waals surface area (Å²) in [6.07, 6.45) is 0.255. The summed E-state index contributed by atoms with van der Waals surface area (Å²) in [4.78, 5) is 14.7. The van der Waals surface area contributed by atoms with E-state index in [0.717, 1.165) is 0 Å². The number of nitrogens with zero attached hydrogens (tertiary/aromatic N) is 1. The molecule has 0 saturated heterocycles. The van der Waals surface area contributed by atoms with Crippen LogP contribution in [0.2, 0.25) is 0 Å². The number of aliphatic imine (C=N–C) groups is 1. The number of carbonyl (C=O) groups is 1. The van der Waals surface area contributed by atoms with Gasteiger partial charge in [-0.2, -0.15) is 12.6 Å². The molecule has 0 aromatic rings. The van der Waals surface area contributed by atoms with E-state index in [1.165, 1.54) is 5.41 Å². The SMILES string of the molecule is [B]/C(=C/S)N=C(C)CC(=O)NI. The Morgan fingerprint density at radius 3 is 2.83 bits per heavy atom. The monoisotopic (exact) mass is 294 g/mol. The van der Waals surface area contributed by atoms with E-state index in [1.54, 1.807) is 29.8 Å². The molecule has 0 bridgehead atoms. The molecule has 2 radical (unpaired) electrons. The minimum absolute atomic E-state index is 0.0937. The lowest BCUT2D eigenvalue weighted by molar-refractivity contribution is -0.117. The van der Waals surface area contributed by atoms with Crippen LogP contribution >= 0.6 is 35.5 Å². The molecular formula is C6H8BIN2OS. The third-order valence-corrected chi connectivity index (χ3v) is 1.84. The predicted octanol–water partition coefficient (Wildman–Crippen LogP) is 1.20. The van der Waals surface area contributed by atoms with E-state index >= 15 is 0 Å². The Balaban J connectivity index is 4.11. The molecule has 0 rings (SSSR count). The van der Waals surface area contributed by atoms with Crippen LogP contribution in [0.15, 0.2) is 16.0 Å². The minimum Gasteiger partial charge on any atom is -0.298 e. The molecule has 0 aromatic heterocycles. The zero-order valence-electron chi connectivity index (χ0n) is 6.54. The maximum atomic E-state index is 10.8. The molecule has 64 valence electrons. The third-order valence-electron chi connectivity index (χ3n) is 0.974. The van der Waals surface area contributed by atoms with Crippen molar-refractivity contribution < 1.29 is 4.79 Å². The Bertz CT molecular complexity index is 230. The van der Waals surface area contributed by atoms with Gasteiger partial charge < -0.3 is 0 Å². The second-order valence-corrected chi connectivity index (χ2v) is 2.89. The Labute approximate surface area is 92.4 Å². The van der Waals surface area contributed by atoms with Crippen molar-refractivity contribution in [2.24, 2.45) is 4.99 Å². The number of hydrogen-bond acceptors (Lipinski definition) is 3. The van der Waals surface area contributed by atoms with E-state index in [0.29, 0.717) is 11.3 Å². The maximum Gasteiger partial charge on any atom is 0.234 e. The molecule has 0 aliphatic carbocycles. The van der Waals surface area contributed by atoms with E-state index in [4.69, 9.17) is 7.85 Å². The van der Waals surface area contributed by atoms with Gasteiger partial charge >= 0.3 is 0 Å². The number of hydrogen-bond donors (Lipinski definition) is 2. The lowest BCUT2D eigenvalue weighted by Crippen LogP contribution is -2.14. The summed E-state index contributed by atoms with van der Waals surface area (Å²) in [5.74, 6) is -0.0937. The van der Waals surface area contributed by atoms with Gasteiger partial charge in [-0.25, -0.2) is 0 Å². The highest BCUT2D eigenvalue weighted by atomic mass is 127. The first kappa shape index (κ1) is 12.0. The van der Waals surface area contributed by atoms with Crippen LogP contribution in [0.25, 0.3) is 0 Å². The molecule has 1 amide bonds. The van der Waals surface area contributed by atoms with Crippen LogP contribution in [0.4, 0.5) is 0 Å². The smallest absolute Gasteiger partial charge is 0.234 e. The first-order chi connectivity index (χ1) is 5.60. The summed E-state index contributed by atoms with van der Waals surface area (Å²) in [7, 11) is 5.35. The molecule has 12 heavy (non-hydrogen) atoms. The van der Waals surface area contributed by atoms with Gasteiger partial charge in [-0.3, -0.25) is 13.3 Å². The summed E-state index contributed by atoms with van der Waals surface area (Å²) in [6, 6.07) is 0. The molecule has 0 spiro atoms. The highest BCUT2D eigenvalue weighted by Crippen LogP contribution is 1.96. The minimum atomic E-state index is -0.0937. The van der Waals surface area contributed by atoms with Crippen LogP contribution in [-0.2, 0) is 4.79 Å². The molecule has 0 heterocycles. The van der Waals surface area contributed by atoms with Gasteiger partial charge in [0, 0.05) is 5.71 Å². The highest BCUT2D eigenvalue weighted by Gasteiger charge is 2.00. The topological polar surface area (TPSA) is 41.5 Å². The summed E-state index contributed by atoms with van der Waals surface area (Å²) < 4.78 is 2.46. The molecule has 0 aromatic carbocycles. The first-order valence-corrected chi connectivity index (χ1v) is 4.73. The summed E-state index contributed by atoms with van der Waals surface area (Å²) in [5, 5.41) is 1.38. The van der Waals surface area contributed by atoms with Gasteiger partial charge in [-0.05, 0) is 17.9 Å². The van der Waals surface area contributed by atoms with Crippen molar-refractivity contribution in [2.75, 3.05) is 0 Å². The molecule has 0 unspecified atom stereocenters. The van der Waals surface area contributed by atoms with Crippen molar-refractivity contribution in [3.63, 3.8) is 0 Å². The van der Waals surface area contributed by atoms with Crippen LogP contribution in [0.3, 0.4) is 0 Å². The average Bonchev–Trinajstić information content (AvgIpc) is 2.03. The van der Waals surface area contributed by atoms with Crippen molar-refractivity contribution in [2.45, 2.75) is 13.3 Å². The van der Waals surface area contributed by atoms with Crippen molar-refractivity contribution in [3.8, 4) is 0 Å². The molecule has 6 heteroatoms. The van der Waals surface area contributed by atoms with Crippen LogP contribution in [-0.4, -0.2) is 19.5 Å². The third kappa shape index (κ3) is 5.65. The molecule has 0 fully saturated rings. The van der Waals surface area contributed by atoms with E-state index < -0.39 is 0 Å².